The second-order valence-corrected chi connectivity index (χ2v) is 7.88. The molecule has 0 unspecified atom stereocenters. The molecule has 29 heavy (non-hydrogen) atoms. The number of carbonyl (C=O) groups excluding carboxylic acids is 1. The molecule has 0 aliphatic heterocycles. The molecule has 7 nitrogen and oxygen atoms in total. The molecule has 4 rings (SSSR count). The summed E-state index contributed by atoms with van der Waals surface area (Å²) in [4.78, 5) is 31.6. The van der Waals surface area contributed by atoms with E-state index in [2.05, 4.69) is 15.3 Å². The molecule has 1 N–H and O–H groups in total. The number of non-ortho nitro benzene ring substituents is 1. The molecular formula is C20H14N4O3S2. The van der Waals surface area contributed by atoms with Crippen LogP contribution < -0.4 is 5.32 Å². The predicted molar refractivity (Wildman–Crippen MR) is 115 cm³/mol. The van der Waals surface area contributed by atoms with Gasteiger partial charge in [-0.15, -0.1) is 11.3 Å². The molecule has 0 radical (unpaired) electrons. The molecule has 2 heterocycles. The van der Waals surface area contributed by atoms with Crippen LogP contribution >= 0.6 is 23.1 Å². The Kier molecular flexibility index (Phi) is 5.50. The third-order valence-corrected chi connectivity index (χ3v) is 5.71. The van der Waals surface area contributed by atoms with Gasteiger partial charge in [-0.1, -0.05) is 48.2 Å². The second-order valence-electron chi connectivity index (χ2n) is 6.02. The number of hydrogen-bond acceptors (Lipinski definition) is 7. The van der Waals surface area contributed by atoms with Crippen molar-refractivity contribution in [2.45, 2.75) is 5.03 Å². The van der Waals surface area contributed by atoms with E-state index < -0.39 is 4.92 Å². The molecule has 0 saturated carbocycles. The van der Waals surface area contributed by atoms with Crippen molar-refractivity contribution in [3.63, 3.8) is 0 Å². The lowest BCUT2D eigenvalue weighted by Crippen LogP contribution is -2.13. The number of thioether (sulfide) groups is 1. The van der Waals surface area contributed by atoms with Crippen LogP contribution in [0.15, 0.2) is 71.1 Å². The predicted octanol–water partition coefficient (Wildman–Crippen LogP) is 5.00. The Morgan fingerprint density at radius 1 is 1.10 bits per heavy atom. The summed E-state index contributed by atoms with van der Waals surface area (Å²) in [5.41, 5.74) is 2.10. The molecule has 1 amide bonds. The first-order chi connectivity index (χ1) is 14.1. The largest absolute Gasteiger partial charge is 0.301 e. The first-order valence-electron chi connectivity index (χ1n) is 8.57. The zero-order valence-electron chi connectivity index (χ0n) is 14.9. The third-order valence-electron chi connectivity index (χ3n) is 4.03. The zero-order chi connectivity index (χ0) is 20.2. The second kappa shape index (κ2) is 8.38. The van der Waals surface area contributed by atoms with Crippen molar-refractivity contribution in [3.8, 4) is 11.3 Å². The molecule has 9 heteroatoms. The van der Waals surface area contributed by atoms with Gasteiger partial charge in [-0.25, -0.2) is 9.97 Å². The summed E-state index contributed by atoms with van der Waals surface area (Å²) < 4.78 is 0. The minimum atomic E-state index is -0.448. The van der Waals surface area contributed by atoms with Crippen molar-refractivity contribution in [1.29, 1.82) is 0 Å². The maximum atomic E-state index is 12.3. The van der Waals surface area contributed by atoms with Gasteiger partial charge in [-0.2, -0.15) is 0 Å². The highest BCUT2D eigenvalue weighted by Gasteiger charge is 2.12. The molecule has 4 aromatic rings. The van der Waals surface area contributed by atoms with Crippen molar-refractivity contribution >= 4 is 50.7 Å². The number of anilines is 1. The van der Waals surface area contributed by atoms with Crippen LogP contribution in [0.2, 0.25) is 0 Å². The number of amides is 1. The van der Waals surface area contributed by atoms with E-state index in [9.17, 15) is 14.9 Å². The van der Waals surface area contributed by atoms with Gasteiger partial charge in [0.15, 0.2) is 5.13 Å². The lowest BCUT2D eigenvalue weighted by molar-refractivity contribution is -0.384. The summed E-state index contributed by atoms with van der Waals surface area (Å²) in [5.74, 6) is 0.0155. The fourth-order valence-electron chi connectivity index (χ4n) is 2.67. The highest BCUT2D eigenvalue weighted by atomic mass is 32.2. The number of benzene rings is 2. The monoisotopic (exact) mass is 422 g/mol. The third kappa shape index (κ3) is 4.58. The van der Waals surface area contributed by atoms with Crippen molar-refractivity contribution in [3.05, 3.63) is 76.2 Å². The van der Waals surface area contributed by atoms with Crippen LogP contribution in [0.25, 0.3) is 22.2 Å². The van der Waals surface area contributed by atoms with Crippen molar-refractivity contribution < 1.29 is 9.72 Å². The number of fused-ring (bicyclic) bond motifs is 1. The standard InChI is InChI=1S/C20H14N4O3S2/c25-18(12-28-19-9-8-13-4-1-2-7-16(13)21-19)23-20-22-17(11-29-20)14-5-3-6-15(10-14)24(26)27/h1-11H,12H2,(H,22,23,25). The average molecular weight is 422 g/mol. The lowest BCUT2D eigenvalue weighted by Gasteiger charge is -2.03. The number of nitro benzene ring substituents is 1. The van der Waals surface area contributed by atoms with Gasteiger partial charge in [0.05, 0.1) is 26.9 Å². The van der Waals surface area contributed by atoms with Crippen LogP contribution in [-0.4, -0.2) is 26.6 Å². The molecular weight excluding hydrogens is 408 g/mol. The van der Waals surface area contributed by atoms with E-state index in [-0.39, 0.29) is 17.3 Å². The number of aromatic nitrogens is 2. The molecule has 0 saturated heterocycles. The maximum Gasteiger partial charge on any atom is 0.270 e. The number of pyridine rings is 1. The molecule has 2 aromatic heterocycles. The van der Waals surface area contributed by atoms with Gasteiger partial charge in [0.2, 0.25) is 5.91 Å². The Labute approximate surface area is 174 Å². The van der Waals surface area contributed by atoms with Crippen LogP contribution in [0.1, 0.15) is 0 Å². The van der Waals surface area contributed by atoms with Crippen LogP contribution in [0.4, 0.5) is 10.8 Å². The Balaban J connectivity index is 1.38. The van der Waals surface area contributed by atoms with Crippen molar-refractivity contribution in [1.82, 2.24) is 9.97 Å². The van der Waals surface area contributed by atoms with E-state index >= 15 is 0 Å². The molecule has 0 aliphatic rings. The highest BCUT2D eigenvalue weighted by Crippen LogP contribution is 2.28. The van der Waals surface area contributed by atoms with Gasteiger partial charge >= 0.3 is 0 Å². The van der Waals surface area contributed by atoms with Gasteiger partial charge in [-0.3, -0.25) is 14.9 Å². The van der Waals surface area contributed by atoms with E-state index in [4.69, 9.17) is 0 Å². The first-order valence-corrected chi connectivity index (χ1v) is 10.4. The lowest BCUT2D eigenvalue weighted by atomic mass is 10.1. The summed E-state index contributed by atoms with van der Waals surface area (Å²) in [6.45, 7) is 0. The van der Waals surface area contributed by atoms with E-state index in [1.807, 2.05) is 36.4 Å². The van der Waals surface area contributed by atoms with Gasteiger partial charge in [0.25, 0.3) is 5.69 Å². The zero-order valence-corrected chi connectivity index (χ0v) is 16.6. The summed E-state index contributed by atoms with van der Waals surface area (Å²) >= 11 is 2.62. The highest BCUT2D eigenvalue weighted by molar-refractivity contribution is 7.99. The van der Waals surface area contributed by atoms with Gasteiger partial charge in [0, 0.05) is 28.5 Å². The topological polar surface area (TPSA) is 98.0 Å². The molecule has 2 aromatic carbocycles. The molecule has 144 valence electrons. The summed E-state index contributed by atoms with van der Waals surface area (Å²) in [6, 6.07) is 17.9. The number of nitrogens with zero attached hydrogens (tertiary/aromatic N) is 3. The van der Waals surface area contributed by atoms with Crippen molar-refractivity contribution in [2.75, 3.05) is 11.1 Å². The van der Waals surface area contributed by atoms with E-state index in [0.29, 0.717) is 16.4 Å². The van der Waals surface area contributed by atoms with E-state index in [1.165, 1.54) is 35.2 Å². The normalized spacial score (nSPS) is 10.8. The Bertz CT molecular complexity index is 1210. The number of hydrogen-bond donors (Lipinski definition) is 1. The molecule has 0 bridgehead atoms. The number of nitro groups is 1. The summed E-state index contributed by atoms with van der Waals surface area (Å²) in [6.07, 6.45) is 0. The number of thiazole rings is 1. The maximum absolute atomic E-state index is 12.3. The fourth-order valence-corrected chi connectivity index (χ4v) is 4.08. The number of para-hydroxylation sites is 1. The SMILES string of the molecule is O=C(CSc1ccc2ccccc2n1)Nc1nc(-c2cccc([N+](=O)[O-])c2)cs1. The summed E-state index contributed by atoms with van der Waals surface area (Å²) in [5, 5.41) is 17.7. The van der Waals surface area contributed by atoms with Crippen LogP contribution in [0.5, 0.6) is 0 Å². The number of nitrogens with one attached hydrogen (secondary N) is 1. The Hall–Kier alpha value is -3.30. The smallest absolute Gasteiger partial charge is 0.270 e. The van der Waals surface area contributed by atoms with Crippen LogP contribution in [-0.2, 0) is 4.79 Å². The molecule has 0 aliphatic carbocycles. The average Bonchev–Trinajstić information content (AvgIpc) is 3.20. The number of rotatable bonds is 6. The van der Waals surface area contributed by atoms with E-state index in [1.54, 1.807) is 17.5 Å². The summed E-state index contributed by atoms with van der Waals surface area (Å²) in [7, 11) is 0. The van der Waals surface area contributed by atoms with Crippen LogP contribution in [0, 0.1) is 10.1 Å². The molecule has 0 atom stereocenters. The Morgan fingerprint density at radius 2 is 1.97 bits per heavy atom. The quantitative estimate of drug-likeness (QED) is 0.267. The molecule has 0 spiro atoms. The van der Waals surface area contributed by atoms with Crippen LogP contribution in [0.3, 0.4) is 0 Å². The minimum Gasteiger partial charge on any atom is -0.301 e. The number of carbonyl (C=O) groups is 1. The van der Waals surface area contributed by atoms with Crippen molar-refractivity contribution in [2.24, 2.45) is 0 Å². The van der Waals surface area contributed by atoms with Gasteiger partial charge in [-0.05, 0) is 12.1 Å². The van der Waals surface area contributed by atoms with E-state index in [0.717, 1.165) is 15.9 Å². The first kappa shape index (κ1) is 19.0. The fraction of sp³-hybridized carbons (Fsp3) is 0.0500. The van der Waals surface area contributed by atoms with Gasteiger partial charge < -0.3 is 5.32 Å². The minimum absolute atomic E-state index is 0.000343. The molecule has 0 fully saturated rings. The Morgan fingerprint density at radius 3 is 2.83 bits per heavy atom. The van der Waals surface area contributed by atoms with Gasteiger partial charge in [0.1, 0.15) is 0 Å².